The molecule has 0 aliphatic carbocycles. The number of nitrogens with one attached hydrogen (secondary N) is 1. The lowest BCUT2D eigenvalue weighted by atomic mass is 9.62. The molecule has 0 saturated carbocycles. The number of hydrogen-bond acceptors (Lipinski definition) is 3. The number of nitrogens with zero attached hydrogens (tertiary/aromatic N) is 1. The number of amides is 1. The number of phenols is 1. The number of hydrogen-bond donors (Lipinski definition) is 2. The monoisotopic (exact) mass is 464 g/mol. The van der Waals surface area contributed by atoms with E-state index in [-0.39, 0.29) is 35.7 Å². The molecule has 2 saturated heterocycles. The second-order valence-corrected chi connectivity index (χ2v) is 9.21. The lowest BCUT2D eigenvalue weighted by Gasteiger charge is -2.50. The summed E-state index contributed by atoms with van der Waals surface area (Å²) in [4.78, 5) is 14.3. The van der Waals surface area contributed by atoms with Crippen molar-refractivity contribution in [1.29, 1.82) is 0 Å². The number of benzene rings is 2. The summed E-state index contributed by atoms with van der Waals surface area (Å²) in [6.45, 7) is 3.49. The molecular weight excluding hydrogens is 436 g/mol. The predicted octanol–water partition coefficient (Wildman–Crippen LogP) is 4.87. The normalized spacial score (nSPS) is 21.7. The maximum atomic E-state index is 14.2. The Balaban J connectivity index is 1.58. The van der Waals surface area contributed by atoms with Gasteiger partial charge in [-0.05, 0) is 55.3 Å². The smallest absolute Gasteiger partial charge is 0.404 e. The maximum absolute atomic E-state index is 14.2. The van der Waals surface area contributed by atoms with E-state index < -0.39 is 23.8 Å². The third-order valence-electron chi connectivity index (χ3n) is 7.40. The van der Waals surface area contributed by atoms with E-state index in [2.05, 4.69) is 5.32 Å². The van der Waals surface area contributed by atoms with Crippen LogP contribution in [-0.2, 0) is 4.79 Å². The maximum Gasteiger partial charge on any atom is 0.404 e. The summed E-state index contributed by atoms with van der Waals surface area (Å²) < 4.78 is 55.7. The van der Waals surface area contributed by atoms with Crippen LogP contribution in [0.15, 0.2) is 42.5 Å². The van der Waals surface area contributed by atoms with Crippen molar-refractivity contribution in [2.24, 2.45) is 5.41 Å². The zero-order valence-electron chi connectivity index (χ0n) is 18.5. The van der Waals surface area contributed by atoms with Crippen molar-refractivity contribution in [2.75, 3.05) is 26.2 Å². The Labute approximate surface area is 190 Å². The molecule has 0 bridgehead atoms. The van der Waals surface area contributed by atoms with Gasteiger partial charge in [0.25, 0.3) is 0 Å². The third kappa shape index (κ3) is 4.45. The number of aromatic hydroxyl groups is 1. The van der Waals surface area contributed by atoms with Crippen LogP contribution in [-0.4, -0.2) is 48.3 Å². The first kappa shape index (κ1) is 23.5. The molecule has 2 N–H and O–H groups in total. The number of rotatable bonds is 3. The lowest BCUT2D eigenvalue weighted by molar-refractivity contribution is -0.173. The highest BCUT2D eigenvalue weighted by atomic mass is 19.4. The molecule has 4 nitrogen and oxygen atoms in total. The van der Waals surface area contributed by atoms with Gasteiger partial charge in [-0.1, -0.05) is 36.4 Å². The Bertz CT molecular complexity index is 1000. The summed E-state index contributed by atoms with van der Waals surface area (Å²) in [5.74, 6) is -4.35. The molecule has 178 valence electrons. The van der Waals surface area contributed by atoms with Gasteiger partial charge in [-0.3, -0.25) is 4.79 Å². The molecule has 0 radical (unpaired) electrons. The van der Waals surface area contributed by atoms with Crippen molar-refractivity contribution >= 4 is 5.91 Å². The van der Waals surface area contributed by atoms with Crippen molar-refractivity contribution in [1.82, 2.24) is 10.2 Å². The number of alkyl halides is 3. The zero-order chi connectivity index (χ0) is 23.8. The summed E-state index contributed by atoms with van der Waals surface area (Å²) in [6, 6.07) is 10.2. The van der Waals surface area contributed by atoms with E-state index in [9.17, 15) is 27.5 Å². The van der Waals surface area contributed by atoms with Gasteiger partial charge in [0, 0.05) is 31.1 Å². The summed E-state index contributed by atoms with van der Waals surface area (Å²) in [5.41, 5.74) is 0.954. The van der Waals surface area contributed by atoms with E-state index >= 15 is 0 Å². The van der Waals surface area contributed by atoms with E-state index in [1.54, 1.807) is 12.1 Å². The predicted molar refractivity (Wildman–Crippen MR) is 117 cm³/mol. The van der Waals surface area contributed by atoms with Crippen LogP contribution in [0.2, 0.25) is 0 Å². The molecule has 2 aliphatic heterocycles. The van der Waals surface area contributed by atoms with E-state index in [1.807, 2.05) is 6.92 Å². The number of carbonyl (C=O) groups is 1. The standard InChI is InChI=1S/C25H28F4N2O2/c1-16-7-8-19(26)22(32)20(16)18-15-30-12-9-24(18)10-13-31(14-11-24)23(33)21(25(27,28)29)17-5-3-2-4-6-17/h2-8,18,21,30,32H,9-15H2,1H3. The minimum absolute atomic E-state index is 0.0599. The highest BCUT2D eigenvalue weighted by Gasteiger charge is 2.50. The summed E-state index contributed by atoms with van der Waals surface area (Å²) in [6.07, 6.45) is -2.94. The second-order valence-electron chi connectivity index (χ2n) is 9.21. The molecule has 1 amide bonds. The largest absolute Gasteiger partial charge is 0.505 e. The molecule has 0 aromatic heterocycles. The number of piperidine rings is 2. The van der Waals surface area contributed by atoms with E-state index in [4.69, 9.17) is 0 Å². The van der Waals surface area contributed by atoms with Crippen molar-refractivity contribution in [3.8, 4) is 5.75 Å². The van der Waals surface area contributed by atoms with E-state index in [0.29, 0.717) is 24.9 Å². The van der Waals surface area contributed by atoms with Gasteiger partial charge in [0.05, 0.1) is 0 Å². The van der Waals surface area contributed by atoms with Crippen molar-refractivity contribution < 1.29 is 27.5 Å². The van der Waals surface area contributed by atoms with Crippen LogP contribution in [0, 0.1) is 18.2 Å². The van der Waals surface area contributed by atoms with Crippen LogP contribution in [0.1, 0.15) is 47.8 Å². The fraction of sp³-hybridized carbons (Fsp3) is 0.480. The fourth-order valence-corrected chi connectivity index (χ4v) is 5.58. The third-order valence-corrected chi connectivity index (χ3v) is 7.40. The SMILES string of the molecule is Cc1ccc(F)c(O)c1C1CNCCC12CCN(C(=O)C(c1ccccc1)C(F)(F)F)CC2. The molecule has 2 fully saturated rings. The average Bonchev–Trinajstić information content (AvgIpc) is 2.78. The Morgan fingerprint density at radius 1 is 1.12 bits per heavy atom. The molecule has 2 atom stereocenters. The van der Waals surface area contributed by atoms with Crippen LogP contribution in [0.4, 0.5) is 17.6 Å². The van der Waals surface area contributed by atoms with Crippen LogP contribution in [0.25, 0.3) is 0 Å². The number of carbonyl (C=O) groups excluding carboxylic acids is 1. The first-order chi connectivity index (χ1) is 15.6. The van der Waals surface area contributed by atoms with Crippen LogP contribution < -0.4 is 5.32 Å². The first-order valence-corrected chi connectivity index (χ1v) is 11.2. The molecule has 1 spiro atoms. The number of likely N-dealkylation sites (tertiary alicyclic amines) is 1. The number of aryl methyl sites for hydroxylation is 1. The van der Waals surface area contributed by atoms with Crippen molar-refractivity contribution in [3.05, 3.63) is 65.0 Å². The van der Waals surface area contributed by atoms with Crippen LogP contribution in [0.3, 0.4) is 0 Å². The Morgan fingerprint density at radius 3 is 2.42 bits per heavy atom. The highest BCUT2D eigenvalue weighted by Crippen LogP contribution is 2.52. The topological polar surface area (TPSA) is 52.6 Å². The lowest BCUT2D eigenvalue weighted by Crippen LogP contribution is -2.52. The Morgan fingerprint density at radius 2 is 1.79 bits per heavy atom. The molecule has 33 heavy (non-hydrogen) atoms. The van der Waals surface area contributed by atoms with Gasteiger partial charge >= 0.3 is 6.18 Å². The van der Waals surface area contributed by atoms with Gasteiger partial charge in [0.1, 0.15) is 0 Å². The van der Waals surface area contributed by atoms with E-state index in [1.165, 1.54) is 35.2 Å². The summed E-state index contributed by atoms with van der Waals surface area (Å²) in [5, 5.41) is 13.8. The molecule has 8 heteroatoms. The minimum Gasteiger partial charge on any atom is -0.505 e. The first-order valence-electron chi connectivity index (χ1n) is 11.2. The molecule has 2 aromatic carbocycles. The molecule has 2 aliphatic rings. The van der Waals surface area contributed by atoms with Gasteiger partial charge in [0.2, 0.25) is 5.91 Å². The molecule has 2 aromatic rings. The number of phenolic OH excluding ortho intramolecular Hbond substituents is 1. The number of halogens is 4. The summed E-state index contributed by atoms with van der Waals surface area (Å²) >= 11 is 0. The van der Waals surface area contributed by atoms with Crippen LogP contribution in [0.5, 0.6) is 5.75 Å². The second kappa shape index (κ2) is 8.97. The van der Waals surface area contributed by atoms with Crippen LogP contribution >= 0.6 is 0 Å². The quantitative estimate of drug-likeness (QED) is 0.638. The molecule has 4 rings (SSSR count). The average molecular weight is 465 g/mol. The van der Waals surface area contributed by atoms with Gasteiger partial charge in [-0.2, -0.15) is 13.2 Å². The van der Waals surface area contributed by atoms with Gasteiger partial charge in [0.15, 0.2) is 17.5 Å². The Kier molecular flexibility index (Phi) is 6.40. The Hall–Kier alpha value is -2.61. The van der Waals surface area contributed by atoms with Crippen molar-refractivity contribution in [3.63, 3.8) is 0 Å². The van der Waals surface area contributed by atoms with Gasteiger partial charge in [-0.15, -0.1) is 0 Å². The zero-order valence-corrected chi connectivity index (χ0v) is 18.5. The van der Waals surface area contributed by atoms with Gasteiger partial charge < -0.3 is 15.3 Å². The van der Waals surface area contributed by atoms with Gasteiger partial charge in [-0.25, -0.2) is 4.39 Å². The fourth-order valence-electron chi connectivity index (χ4n) is 5.58. The molecular formula is C25H28F4N2O2. The van der Waals surface area contributed by atoms with E-state index in [0.717, 1.165) is 18.5 Å². The molecule has 2 unspecified atom stereocenters. The highest BCUT2D eigenvalue weighted by molar-refractivity contribution is 5.84. The summed E-state index contributed by atoms with van der Waals surface area (Å²) in [7, 11) is 0. The molecule has 2 heterocycles. The van der Waals surface area contributed by atoms with Crippen molar-refractivity contribution in [2.45, 2.75) is 44.2 Å². The minimum atomic E-state index is -4.69.